The van der Waals surface area contributed by atoms with Crippen LogP contribution in [0.1, 0.15) is 48.9 Å². The molecule has 0 fully saturated rings. The first kappa shape index (κ1) is 21.4. The maximum absolute atomic E-state index is 12.0. The van der Waals surface area contributed by atoms with Gasteiger partial charge in [-0.05, 0) is 47.9 Å². The molecule has 3 aromatic carbocycles. The number of para-hydroxylation sites is 1. The number of ether oxygens (including phenoxy) is 1. The molecule has 0 aliphatic heterocycles. The highest BCUT2D eigenvalue weighted by Gasteiger charge is 2.11. The zero-order chi connectivity index (χ0) is 21.2. The van der Waals surface area contributed by atoms with E-state index < -0.39 is 5.97 Å². The lowest BCUT2D eigenvalue weighted by molar-refractivity contribution is -0.116. The van der Waals surface area contributed by atoms with Crippen molar-refractivity contribution in [3.63, 3.8) is 0 Å². The Balaban J connectivity index is 1.27. The van der Waals surface area contributed by atoms with Crippen LogP contribution >= 0.6 is 0 Å². The van der Waals surface area contributed by atoms with Gasteiger partial charge in [0.1, 0.15) is 5.75 Å². The minimum absolute atomic E-state index is 0.109. The number of carbonyl (C=O) groups is 2. The van der Waals surface area contributed by atoms with Crippen molar-refractivity contribution in [1.82, 2.24) is 0 Å². The van der Waals surface area contributed by atoms with Gasteiger partial charge in [-0.25, -0.2) is 4.79 Å². The number of rotatable bonds is 11. The van der Waals surface area contributed by atoms with Crippen molar-refractivity contribution in [2.75, 3.05) is 11.9 Å². The van der Waals surface area contributed by atoms with E-state index >= 15 is 0 Å². The summed E-state index contributed by atoms with van der Waals surface area (Å²) in [6, 6.07) is 20.8. The lowest BCUT2D eigenvalue weighted by Gasteiger charge is -2.08. The second kappa shape index (κ2) is 11.0. The molecule has 3 rings (SSSR count). The van der Waals surface area contributed by atoms with Crippen LogP contribution in [-0.2, 0) is 4.79 Å². The van der Waals surface area contributed by atoms with E-state index in [1.54, 1.807) is 18.2 Å². The molecule has 0 aliphatic rings. The third kappa shape index (κ3) is 6.34. The number of carboxylic acid groups (broad SMARTS) is 1. The molecule has 2 N–H and O–H groups in total. The zero-order valence-electron chi connectivity index (χ0n) is 17.0. The van der Waals surface area contributed by atoms with Crippen molar-refractivity contribution < 1.29 is 19.4 Å². The third-order valence-electron chi connectivity index (χ3n) is 4.97. The van der Waals surface area contributed by atoms with Crippen molar-refractivity contribution in [3.8, 4) is 5.75 Å². The van der Waals surface area contributed by atoms with Crippen LogP contribution in [0, 0.1) is 0 Å². The molecule has 5 heteroatoms. The van der Waals surface area contributed by atoms with Gasteiger partial charge in [0, 0.05) is 6.42 Å². The van der Waals surface area contributed by atoms with Crippen LogP contribution in [0.4, 0.5) is 5.69 Å². The third-order valence-corrected chi connectivity index (χ3v) is 4.97. The molecule has 30 heavy (non-hydrogen) atoms. The normalized spacial score (nSPS) is 10.7. The van der Waals surface area contributed by atoms with E-state index in [0.717, 1.165) is 37.9 Å². The number of amides is 1. The summed E-state index contributed by atoms with van der Waals surface area (Å²) >= 11 is 0. The van der Waals surface area contributed by atoms with Crippen molar-refractivity contribution in [2.24, 2.45) is 0 Å². The van der Waals surface area contributed by atoms with Crippen LogP contribution in [0.2, 0.25) is 0 Å². The number of carboxylic acids is 1. The van der Waals surface area contributed by atoms with Gasteiger partial charge in [0.15, 0.2) is 0 Å². The molecule has 0 atom stereocenters. The maximum Gasteiger partial charge on any atom is 0.337 e. The topological polar surface area (TPSA) is 75.6 Å². The summed E-state index contributed by atoms with van der Waals surface area (Å²) in [7, 11) is 0. The summed E-state index contributed by atoms with van der Waals surface area (Å²) in [6.07, 6.45) is 5.21. The Labute approximate surface area is 176 Å². The molecule has 0 aliphatic carbocycles. The largest absolute Gasteiger partial charge is 0.494 e. The maximum atomic E-state index is 12.0. The van der Waals surface area contributed by atoms with E-state index in [0.29, 0.717) is 18.7 Å². The summed E-state index contributed by atoms with van der Waals surface area (Å²) in [6.45, 7) is 0.685. The van der Waals surface area contributed by atoms with Gasteiger partial charge in [0.05, 0.1) is 17.9 Å². The molecule has 0 spiro atoms. The number of hydrogen-bond acceptors (Lipinski definition) is 3. The van der Waals surface area contributed by atoms with Crippen molar-refractivity contribution in [1.29, 1.82) is 0 Å². The molecule has 156 valence electrons. The van der Waals surface area contributed by atoms with Crippen LogP contribution in [0.15, 0.2) is 66.7 Å². The van der Waals surface area contributed by atoms with Gasteiger partial charge in [-0.1, -0.05) is 61.7 Å². The Bertz CT molecular complexity index is 999. The smallest absolute Gasteiger partial charge is 0.337 e. The first-order chi connectivity index (χ1) is 14.6. The predicted octanol–water partition coefficient (Wildman–Crippen LogP) is 5.90. The summed E-state index contributed by atoms with van der Waals surface area (Å²) in [4.78, 5) is 23.2. The van der Waals surface area contributed by atoms with Gasteiger partial charge in [0.25, 0.3) is 0 Å². The van der Waals surface area contributed by atoms with Crippen molar-refractivity contribution in [2.45, 2.75) is 38.5 Å². The summed E-state index contributed by atoms with van der Waals surface area (Å²) < 4.78 is 5.84. The second-order valence-corrected chi connectivity index (χ2v) is 7.27. The number of benzene rings is 3. The SMILES string of the molecule is O=C(CCCCCCCOc1ccc2ccccc2c1)Nc1ccccc1C(=O)O. The molecule has 0 bridgehead atoms. The summed E-state index contributed by atoms with van der Waals surface area (Å²) in [5.41, 5.74) is 0.457. The van der Waals surface area contributed by atoms with E-state index in [-0.39, 0.29) is 11.5 Å². The Morgan fingerprint density at radius 3 is 2.33 bits per heavy atom. The lowest BCUT2D eigenvalue weighted by Crippen LogP contribution is -2.14. The van der Waals surface area contributed by atoms with Crippen LogP contribution < -0.4 is 10.1 Å². The quantitative estimate of drug-likeness (QED) is 0.390. The molecule has 1 amide bonds. The minimum atomic E-state index is -1.04. The Hall–Kier alpha value is -3.34. The van der Waals surface area contributed by atoms with E-state index in [4.69, 9.17) is 9.84 Å². The van der Waals surface area contributed by atoms with E-state index in [9.17, 15) is 9.59 Å². The molecule has 5 nitrogen and oxygen atoms in total. The molecule has 0 heterocycles. The van der Waals surface area contributed by atoms with Crippen molar-refractivity contribution >= 4 is 28.3 Å². The number of anilines is 1. The number of aromatic carboxylic acids is 1. The average molecular weight is 405 g/mol. The van der Waals surface area contributed by atoms with Crippen LogP contribution in [0.3, 0.4) is 0 Å². The zero-order valence-corrected chi connectivity index (χ0v) is 17.0. The highest BCUT2D eigenvalue weighted by molar-refractivity contribution is 6.00. The average Bonchev–Trinajstić information content (AvgIpc) is 2.75. The molecular weight excluding hydrogens is 378 g/mol. The van der Waals surface area contributed by atoms with Crippen molar-refractivity contribution in [3.05, 3.63) is 72.3 Å². The highest BCUT2D eigenvalue weighted by Crippen LogP contribution is 2.21. The van der Waals surface area contributed by atoms with Gasteiger partial charge < -0.3 is 15.2 Å². The Kier molecular flexibility index (Phi) is 7.84. The fraction of sp³-hybridized carbons (Fsp3) is 0.280. The van der Waals surface area contributed by atoms with E-state index in [1.807, 2.05) is 18.2 Å². The summed E-state index contributed by atoms with van der Waals surface area (Å²) in [5.74, 6) is -0.299. The fourth-order valence-electron chi connectivity index (χ4n) is 3.36. The number of fused-ring (bicyclic) bond motifs is 1. The lowest BCUT2D eigenvalue weighted by atomic mass is 10.1. The number of unbranched alkanes of at least 4 members (excludes halogenated alkanes) is 4. The van der Waals surface area contributed by atoms with Gasteiger partial charge in [0.2, 0.25) is 5.91 Å². The Morgan fingerprint density at radius 1 is 0.800 bits per heavy atom. The molecule has 0 saturated carbocycles. The molecule has 0 aromatic heterocycles. The fourth-order valence-corrected chi connectivity index (χ4v) is 3.36. The van der Waals surface area contributed by atoms with Crippen LogP contribution in [0.25, 0.3) is 10.8 Å². The van der Waals surface area contributed by atoms with Gasteiger partial charge in [-0.2, -0.15) is 0 Å². The Morgan fingerprint density at radius 2 is 1.50 bits per heavy atom. The first-order valence-electron chi connectivity index (χ1n) is 10.4. The first-order valence-corrected chi connectivity index (χ1v) is 10.4. The number of hydrogen-bond donors (Lipinski definition) is 2. The molecule has 0 radical (unpaired) electrons. The van der Waals surface area contributed by atoms with Gasteiger partial charge in [-0.3, -0.25) is 4.79 Å². The van der Waals surface area contributed by atoms with Crippen LogP contribution in [-0.4, -0.2) is 23.6 Å². The van der Waals surface area contributed by atoms with Gasteiger partial charge >= 0.3 is 5.97 Å². The molecular formula is C25H27NO4. The standard InChI is InChI=1S/C25H27NO4/c27-24(26-23-13-8-7-12-22(23)25(28)29)14-4-2-1-3-9-17-30-21-16-15-19-10-5-6-11-20(19)18-21/h5-8,10-13,15-16,18H,1-4,9,14,17H2,(H,26,27)(H,28,29). The van der Waals surface area contributed by atoms with Crippen LogP contribution in [0.5, 0.6) is 5.75 Å². The van der Waals surface area contributed by atoms with E-state index in [2.05, 4.69) is 29.6 Å². The second-order valence-electron chi connectivity index (χ2n) is 7.27. The number of carbonyl (C=O) groups excluding carboxylic acids is 1. The molecule has 0 unspecified atom stereocenters. The molecule has 0 saturated heterocycles. The predicted molar refractivity (Wildman–Crippen MR) is 119 cm³/mol. The van der Waals surface area contributed by atoms with Gasteiger partial charge in [-0.15, -0.1) is 0 Å². The molecule has 3 aromatic rings. The monoisotopic (exact) mass is 405 g/mol. The minimum Gasteiger partial charge on any atom is -0.494 e. The highest BCUT2D eigenvalue weighted by atomic mass is 16.5. The number of nitrogens with one attached hydrogen (secondary N) is 1. The summed E-state index contributed by atoms with van der Waals surface area (Å²) in [5, 5.41) is 14.2. The van der Waals surface area contributed by atoms with E-state index in [1.165, 1.54) is 16.8 Å².